The van der Waals surface area contributed by atoms with E-state index in [4.69, 9.17) is 11.6 Å². The van der Waals surface area contributed by atoms with E-state index in [1.54, 1.807) is 29.7 Å². The average molecular weight is 279 g/mol. The van der Waals surface area contributed by atoms with Gasteiger partial charge in [-0.3, -0.25) is 4.79 Å². The molecule has 5 heteroatoms. The van der Waals surface area contributed by atoms with Crippen molar-refractivity contribution in [3.05, 3.63) is 56.7 Å². The SMILES string of the molecule is Cc1ccc(C(=O)N/N=C/c2cccs2)c(Cl)c1. The molecule has 2 rings (SSSR count). The summed E-state index contributed by atoms with van der Waals surface area (Å²) in [6.07, 6.45) is 1.60. The maximum Gasteiger partial charge on any atom is 0.272 e. The second-order valence-corrected chi connectivity index (χ2v) is 5.08. The molecule has 3 nitrogen and oxygen atoms in total. The van der Waals surface area contributed by atoms with Gasteiger partial charge in [0.15, 0.2) is 0 Å². The van der Waals surface area contributed by atoms with Gasteiger partial charge >= 0.3 is 0 Å². The zero-order valence-corrected chi connectivity index (χ0v) is 11.3. The van der Waals surface area contributed by atoms with Crippen LogP contribution in [0.4, 0.5) is 0 Å². The Morgan fingerprint density at radius 1 is 1.44 bits per heavy atom. The summed E-state index contributed by atoms with van der Waals surface area (Å²) < 4.78 is 0. The number of carbonyl (C=O) groups excluding carboxylic acids is 1. The lowest BCUT2D eigenvalue weighted by molar-refractivity contribution is 0.0955. The van der Waals surface area contributed by atoms with Crippen LogP contribution in [-0.2, 0) is 0 Å². The molecule has 1 heterocycles. The van der Waals surface area contributed by atoms with Gasteiger partial charge in [0.2, 0.25) is 0 Å². The first-order valence-corrected chi connectivity index (χ1v) is 6.55. The van der Waals surface area contributed by atoms with Crippen molar-refractivity contribution < 1.29 is 4.79 Å². The molecule has 0 radical (unpaired) electrons. The van der Waals surface area contributed by atoms with Crippen LogP contribution in [0.25, 0.3) is 0 Å². The van der Waals surface area contributed by atoms with Gasteiger partial charge in [-0.1, -0.05) is 23.7 Å². The van der Waals surface area contributed by atoms with Crippen molar-refractivity contribution >= 4 is 35.1 Å². The van der Waals surface area contributed by atoms with Crippen LogP contribution < -0.4 is 5.43 Å². The Balaban J connectivity index is 2.04. The monoisotopic (exact) mass is 278 g/mol. The number of aryl methyl sites for hydroxylation is 1. The number of nitrogens with zero attached hydrogens (tertiary/aromatic N) is 1. The number of rotatable bonds is 3. The number of amides is 1. The smallest absolute Gasteiger partial charge is 0.267 e. The van der Waals surface area contributed by atoms with Gasteiger partial charge in [0.05, 0.1) is 16.8 Å². The summed E-state index contributed by atoms with van der Waals surface area (Å²) in [6, 6.07) is 9.11. The summed E-state index contributed by atoms with van der Waals surface area (Å²) in [5.41, 5.74) is 3.88. The molecule has 0 saturated heterocycles. The molecule has 2 aromatic rings. The Labute approximate surface area is 114 Å². The molecule has 0 atom stereocenters. The molecular formula is C13H11ClN2OS. The first-order valence-electron chi connectivity index (χ1n) is 5.30. The van der Waals surface area contributed by atoms with Gasteiger partial charge < -0.3 is 0 Å². The van der Waals surface area contributed by atoms with E-state index in [9.17, 15) is 4.79 Å². The minimum absolute atomic E-state index is 0.312. The van der Waals surface area contributed by atoms with E-state index in [-0.39, 0.29) is 5.91 Å². The van der Waals surface area contributed by atoms with Gasteiger partial charge in [-0.25, -0.2) is 5.43 Å². The largest absolute Gasteiger partial charge is 0.272 e. The molecule has 1 amide bonds. The van der Waals surface area contributed by atoms with Crippen molar-refractivity contribution in [3.8, 4) is 0 Å². The highest BCUT2D eigenvalue weighted by Crippen LogP contribution is 2.17. The van der Waals surface area contributed by atoms with Gasteiger partial charge in [0, 0.05) is 4.88 Å². The fourth-order valence-corrected chi connectivity index (χ4v) is 2.29. The molecule has 0 fully saturated rings. The van der Waals surface area contributed by atoms with Crippen molar-refractivity contribution in [2.45, 2.75) is 6.92 Å². The maximum atomic E-state index is 11.8. The maximum absolute atomic E-state index is 11.8. The Morgan fingerprint density at radius 3 is 2.94 bits per heavy atom. The number of halogens is 1. The lowest BCUT2D eigenvalue weighted by Crippen LogP contribution is -2.17. The van der Waals surface area contributed by atoms with Gasteiger partial charge in [-0.15, -0.1) is 11.3 Å². The molecule has 0 saturated carbocycles. The van der Waals surface area contributed by atoms with Crippen LogP contribution in [0.1, 0.15) is 20.8 Å². The Hall–Kier alpha value is -1.65. The number of thiophene rings is 1. The van der Waals surface area contributed by atoms with Gasteiger partial charge in [-0.2, -0.15) is 5.10 Å². The predicted octanol–water partition coefficient (Wildman–Crippen LogP) is 3.47. The van der Waals surface area contributed by atoms with Crippen LogP contribution in [0.5, 0.6) is 0 Å². The molecule has 1 aromatic carbocycles. The minimum atomic E-state index is -0.312. The number of hydrogen-bond acceptors (Lipinski definition) is 3. The van der Waals surface area contributed by atoms with E-state index in [2.05, 4.69) is 10.5 Å². The number of hydrazone groups is 1. The highest BCUT2D eigenvalue weighted by molar-refractivity contribution is 7.11. The van der Waals surface area contributed by atoms with E-state index in [1.807, 2.05) is 30.5 Å². The van der Waals surface area contributed by atoms with E-state index in [0.29, 0.717) is 10.6 Å². The molecular weight excluding hydrogens is 268 g/mol. The normalized spacial score (nSPS) is 10.8. The summed E-state index contributed by atoms with van der Waals surface area (Å²) >= 11 is 7.54. The number of nitrogens with one attached hydrogen (secondary N) is 1. The molecule has 92 valence electrons. The standard InChI is InChI=1S/C13H11ClN2OS/c1-9-4-5-11(12(14)7-9)13(17)16-15-8-10-3-2-6-18-10/h2-8H,1H3,(H,16,17)/b15-8+. The van der Waals surface area contributed by atoms with Gasteiger partial charge in [0.25, 0.3) is 5.91 Å². The van der Waals surface area contributed by atoms with Gasteiger partial charge in [-0.05, 0) is 36.1 Å². The molecule has 1 N–H and O–H groups in total. The molecule has 0 bridgehead atoms. The van der Waals surface area contributed by atoms with Crippen molar-refractivity contribution in [2.75, 3.05) is 0 Å². The van der Waals surface area contributed by atoms with Crippen LogP contribution in [-0.4, -0.2) is 12.1 Å². The molecule has 18 heavy (non-hydrogen) atoms. The Bertz CT molecular complexity index is 579. The summed E-state index contributed by atoms with van der Waals surface area (Å²) in [6.45, 7) is 1.92. The Kier molecular flexibility index (Phi) is 4.12. The van der Waals surface area contributed by atoms with Gasteiger partial charge in [0.1, 0.15) is 0 Å². The molecule has 0 aliphatic carbocycles. The highest BCUT2D eigenvalue weighted by atomic mass is 35.5. The zero-order valence-electron chi connectivity index (χ0n) is 9.68. The minimum Gasteiger partial charge on any atom is -0.267 e. The van der Waals surface area contributed by atoms with E-state index >= 15 is 0 Å². The van der Waals surface area contributed by atoms with Crippen molar-refractivity contribution in [3.63, 3.8) is 0 Å². The zero-order chi connectivity index (χ0) is 13.0. The summed E-state index contributed by atoms with van der Waals surface area (Å²) in [7, 11) is 0. The predicted molar refractivity (Wildman–Crippen MR) is 75.6 cm³/mol. The van der Waals surface area contributed by atoms with E-state index in [1.165, 1.54) is 0 Å². The first kappa shape index (κ1) is 12.8. The first-order chi connectivity index (χ1) is 8.66. The fraction of sp³-hybridized carbons (Fsp3) is 0.0769. The van der Waals surface area contributed by atoms with E-state index in [0.717, 1.165) is 10.4 Å². The molecule has 0 unspecified atom stereocenters. The van der Waals surface area contributed by atoms with Crippen LogP contribution >= 0.6 is 22.9 Å². The summed E-state index contributed by atoms with van der Waals surface area (Å²) in [4.78, 5) is 12.8. The lowest BCUT2D eigenvalue weighted by atomic mass is 10.1. The highest BCUT2D eigenvalue weighted by Gasteiger charge is 2.08. The fourth-order valence-electron chi connectivity index (χ4n) is 1.38. The second-order valence-electron chi connectivity index (χ2n) is 3.70. The molecule has 0 aliphatic rings. The molecule has 0 spiro atoms. The van der Waals surface area contributed by atoms with Crippen LogP contribution in [0, 0.1) is 6.92 Å². The topological polar surface area (TPSA) is 41.5 Å². The number of benzene rings is 1. The quantitative estimate of drug-likeness (QED) is 0.678. The van der Waals surface area contributed by atoms with Crippen molar-refractivity contribution in [1.82, 2.24) is 5.43 Å². The average Bonchev–Trinajstić information content (AvgIpc) is 2.81. The lowest BCUT2D eigenvalue weighted by Gasteiger charge is -2.03. The molecule has 0 aliphatic heterocycles. The summed E-state index contributed by atoms with van der Waals surface area (Å²) in [5.74, 6) is -0.312. The third-order valence-electron chi connectivity index (χ3n) is 2.27. The van der Waals surface area contributed by atoms with E-state index < -0.39 is 0 Å². The Morgan fingerprint density at radius 2 is 2.28 bits per heavy atom. The van der Waals surface area contributed by atoms with Crippen LogP contribution in [0.3, 0.4) is 0 Å². The molecule has 1 aromatic heterocycles. The number of carbonyl (C=O) groups is 1. The van der Waals surface area contributed by atoms with Crippen LogP contribution in [0.15, 0.2) is 40.8 Å². The summed E-state index contributed by atoms with van der Waals surface area (Å²) in [5, 5.41) is 6.25. The van der Waals surface area contributed by atoms with Crippen molar-refractivity contribution in [1.29, 1.82) is 0 Å². The van der Waals surface area contributed by atoms with Crippen LogP contribution in [0.2, 0.25) is 5.02 Å². The third kappa shape index (κ3) is 3.18. The second kappa shape index (κ2) is 5.80. The number of hydrogen-bond donors (Lipinski definition) is 1. The van der Waals surface area contributed by atoms with Crippen molar-refractivity contribution in [2.24, 2.45) is 5.10 Å². The third-order valence-corrected chi connectivity index (χ3v) is 3.39.